The summed E-state index contributed by atoms with van der Waals surface area (Å²) in [5.41, 5.74) is 0.754. The van der Waals surface area contributed by atoms with Crippen molar-refractivity contribution in [2.45, 2.75) is 38.8 Å². The molecule has 2 aromatic rings. The molecule has 1 saturated heterocycles. The van der Waals surface area contributed by atoms with Crippen molar-refractivity contribution in [3.8, 4) is 0 Å². The Labute approximate surface area is 112 Å². The normalized spacial score (nSPS) is 21.2. The lowest BCUT2D eigenvalue weighted by Crippen LogP contribution is -2.30. The molecule has 0 bridgehead atoms. The minimum atomic E-state index is 0.334. The van der Waals surface area contributed by atoms with Crippen LogP contribution < -0.4 is 0 Å². The molecule has 0 saturated carbocycles. The van der Waals surface area contributed by atoms with Crippen LogP contribution in [0.5, 0.6) is 0 Å². The van der Waals surface area contributed by atoms with Crippen LogP contribution >= 0.6 is 11.6 Å². The standard InChI is InChI=1S/C13H17ClN4/c1-9(2)17-7-4-6-11(17)12-15-13-10(14)5-3-8-18(13)16-12/h3,5,8-9,11H,4,6-7H2,1-2H3. The van der Waals surface area contributed by atoms with Gasteiger partial charge < -0.3 is 0 Å². The molecule has 4 nitrogen and oxygen atoms in total. The number of fused-ring (bicyclic) bond motifs is 1. The lowest BCUT2D eigenvalue weighted by atomic mass is 10.2. The van der Waals surface area contributed by atoms with Crippen LogP contribution in [-0.2, 0) is 0 Å². The molecule has 1 aliphatic heterocycles. The van der Waals surface area contributed by atoms with Crippen LogP contribution in [0.4, 0.5) is 0 Å². The highest BCUT2D eigenvalue weighted by molar-refractivity contribution is 6.33. The zero-order valence-electron chi connectivity index (χ0n) is 10.7. The average molecular weight is 265 g/mol. The smallest absolute Gasteiger partial charge is 0.174 e. The lowest BCUT2D eigenvalue weighted by molar-refractivity contribution is 0.199. The summed E-state index contributed by atoms with van der Waals surface area (Å²) >= 11 is 6.14. The fourth-order valence-electron chi connectivity index (χ4n) is 2.72. The highest BCUT2D eigenvalue weighted by Crippen LogP contribution is 2.32. The molecule has 0 spiro atoms. The largest absolute Gasteiger partial charge is 0.291 e. The summed E-state index contributed by atoms with van der Waals surface area (Å²) in [6, 6.07) is 4.60. The van der Waals surface area contributed by atoms with E-state index in [1.807, 2.05) is 18.3 Å². The molecule has 0 amide bonds. The Morgan fingerprint density at radius 2 is 2.28 bits per heavy atom. The third-order valence-corrected chi connectivity index (χ3v) is 3.88. The van der Waals surface area contributed by atoms with E-state index < -0.39 is 0 Å². The van der Waals surface area contributed by atoms with Gasteiger partial charge in [-0.3, -0.25) is 4.90 Å². The molecule has 0 N–H and O–H groups in total. The number of likely N-dealkylation sites (tertiary alicyclic amines) is 1. The van der Waals surface area contributed by atoms with E-state index in [-0.39, 0.29) is 0 Å². The molecule has 18 heavy (non-hydrogen) atoms. The Bertz CT molecular complexity index is 563. The van der Waals surface area contributed by atoms with Crippen molar-refractivity contribution in [2.24, 2.45) is 0 Å². The molecule has 3 rings (SSSR count). The Hall–Kier alpha value is -1.13. The van der Waals surface area contributed by atoms with Gasteiger partial charge >= 0.3 is 0 Å². The predicted octanol–water partition coefficient (Wildman–Crippen LogP) is 2.93. The molecular weight excluding hydrogens is 248 g/mol. The summed E-state index contributed by atoms with van der Waals surface area (Å²) < 4.78 is 1.77. The second kappa shape index (κ2) is 4.52. The van der Waals surface area contributed by atoms with E-state index in [1.54, 1.807) is 4.52 Å². The zero-order valence-corrected chi connectivity index (χ0v) is 11.4. The molecule has 1 unspecified atom stereocenters. The van der Waals surface area contributed by atoms with Gasteiger partial charge in [0.25, 0.3) is 0 Å². The van der Waals surface area contributed by atoms with Crippen LogP contribution in [0.3, 0.4) is 0 Å². The molecule has 0 aromatic carbocycles. The Balaban J connectivity index is 2.01. The molecule has 1 atom stereocenters. The van der Waals surface area contributed by atoms with Crippen LogP contribution in [0.15, 0.2) is 18.3 Å². The van der Waals surface area contributed by atoms with E-state index >= 15 is 0 Å². The monoisotopic (exact) mass is 264 g/mol. The number of rotatable bonds is 2. The van der Waals surface area contributed by atoms with Gasteiger partial charge in [-0.05, 0) is 45.4 Å². The fraction of sp³-hybridized carbons (Fsp3) is 0.538. The van der Waals surface area contributed by atoms with Crippen LogP contribution in [0.1, 0.15) is 38.6 Å². The number of halogens is 1. The van der Waals surface area contributed by atoms with Gasteiger partial charge in [0, 0.05) is 12.2 Å². The topological polar surface area (TPSA) is 33.4 Å². The molecule has 5 heteroatoms. The fourth-order valence-corrected chi connectivity index (χ4v) is 2.92. The van der Waals surface area contributed by atoms with Gasteiger partial charge in [-0.25, -0.2) is 9.50 Å². The first kappa shape index (κ1) is 11.9. The van der Waals surface area contributed by atoms with E-state index in [9.17, 15) is 0 Å². The maximum atomic E-state index is 6.14. The quantitative estimate of drug-likeness (QED) is 0.836. The molecular formula is C13H17ClN4. The van der Waals surface area contributed by atoms with Crippen molar-refractivity contribution >= 4 is 17.2 Å². The van der Waals surface area contributed by atoms with Gasteiger partial charge in [0.2, 0.25) is 0 Å². The summed E-state index contributed by atoms with van der Waals surface area (Å²) in [5.74, 6) is 0.898. The highest BCUT2D eigenvalue weighted by atomic mass is 35.5. The number of nitrogens with zero attached hydrogens (tertiary/aromatic N) is 4. The van der Waals surface area contributed by atoms with Gasteiger partial charge in [-0.2, -0.15) is 0 Å². The van der Waals surface area contributed by atoms with Crippen LogP contribution in [0.25, 0.3) is 5.65 Å². The molecule has 96 valence electrons. The average Bonchev–Trinajstić information content (AvgIpc) is 2.95. The number of hydrogen-bond donors (Lipinski definition) is 0. The van der Waals surface area contributed by atoms with Crippen LogP contribution in [-0.4, -0.2) is 32.1 Å². The molecule has 1 aliphatic rings. The predicted molar refractivity (Wildman–Crippen MR) is 71.8 cm³/mol. The molecule has 3 heterocycles. The summed E-state index contributed by atoms with van der Waals surface area (Å²) in [6.45, 7) is 5.58. The van der Waals surface area contributed by atoms with Crippen LogP contribution in [0.2, 0.25) is 5.02 Å². The van der Waals surface area contributed by atoms with E-state index in [4.69, 9.17) is 11.6 Å². The summed E-state index contributed by atoms with van der Waals surface area (Å²) in [6.07, 6.45) is 4.24. The molecule has 1 fully saturated rings. The van der Waals surface area contributed by atoms with E-state index in [2.05, 4.69) is 28.8 Å². The van der Waals surface area contributed by atoms with Crippen molar-refractivity contribution < 1.29 is 0 Å². The third-order valence-electron chi connectivity index (χ3n) is 3.59. The second-order valence-electron chi connectivity index (χ2n) is 5.08. The number of hydrogen-bond acceptors (Lipinski definition) is 3. The molecule has 0 radical (unpaired) electrons. The summed E-state index contributed by atoms with van der Waals surface area (Å²) in [4.78, 5) is 7.07. The number of aromatic nitrogens is 3. The summed E-state index contributed by atoms with van der Waals surface area (Å²) in [5, 5.41) is 5.23. The zero-order chi connectivity index (χ0) is 12.7. The Morgan fingerprint density at radius 3 is 3.00 bits per heavy atom. The first-order valence-corrected chi connectivity index (χ1v) is 6.81. The van der Waals surface area contributed by atoms with Crippen molar-refractivity contribution in [3.63, 3.8) is 0 Å². The molecule has 2 aromatic heterocycles. The highest BCUT2D eigenvalue weighted by Gasteiger charge is 2.31. The Kier molecular flexibility index (Phi) is 2.99. The SMILES string of the molecule is CC(C)N1CCCC1c1nc2c(Cl)cccn2n1. The van der Waals surface area contributed by atoms with Crippen molar-refractivity contribution in [2.75, 3.05) is 6.54 Å². The first-order chi connectivity index (χ1) is 8.66. The summed E-state index contributed by atoms with van der Waals surface area (Å²) in [7, 11) is 0. The maximum absolute atomic E-state index is 6.14. The van der Waals surface area contributed by atoms with Gasteiger partial charge in [-0.1, -0.05) is 11.6 Å². The van der Waals surface area contributed by atoms with Crippen molar-refractivity contribution in [3.05, 3.63) is 29.2 Å². The van der Waals surface area contributed by atoms with Gasteiger partial charge in [-0.15, -0.1) is 5.10 Å². The first-order valence-electron chi connectivity index (χ1n) is 6.43. The van der Waals surface area contributed by atoms with E-state index in [0.29, 0.717) is 17.1 Å². The molecule has 0 aliphatic carbocycles. The number of pyridine rings is 1. The minimum absolute atomic E-state index is 0.334. The van der Waals surface area contributed by atoms with Gasteiger partial charge in [0.15, 0.2) is 11.5 Å². The second-order valence-corrected chi connectivity index (χ2v) is 5.49. The van der Waals surface area contributed by atoms with E-state index in [0.717, 1.165) is 24.4 Å². The maximum Gasteiger partial charge on any atom is 0.174 e. The van der Waals surface area contributed by atoms with Crippen LogP contribution in [0, 0.1) is 0 Å². The third kappa shape index (κ3) is 1.89. The van der Waals surface area contributed by atoms with Crippen molar-refractivity contribution in [1.29, 1.82) is 0 Å². The van der Waals surface area contributed by atoms with Gasteiger partial charge in [0.1, 0.15) is 0 Å². The van der Waals surface area contributed by atoms with E-state index in [1.165, 1.54) is 6.42 Å². The Morgan fingerprint density at radius 1 is 1.44 bits per heavy atom. The lowest BCUT2D eigenvalue weighted by Gasteiger charge is -2.25. The van der Waals surface area contributed by atoms with Gasteiger partial charge in [0.05, 0.1) is 11.1 Å². The minimum Gasteiger partial charge on any atom is -0.291 e. The van der Waals surface area contributed by atoms with Crippen molar-refractivity contribution in [1.82, 2.24) is 19.5 Å².